The Morgan fingerprint density at radius 1 is 0.957 bits per heavy atom. The van der Waals surface area contributed by atoms with Crippen molar-refractivity contribution < 1.29 is 8.98 Å². The molecular formula is C20H19N2O+. The summed E-state index contributed by atoms with van der Waals surface area (Å²) in [4.78, 5) is 4.33. The molecule has 0 fully saturated rings. The molecule has 3 heteroatoms. The zero-order valence-corrected chi connectivity index (χ0v) is 13.8. The molecule has 4 rings (SSSR count). The summed E-state index contributed by atoms with van der Waals surface area (Å²) in [6.45, 7) is 6.25. The van der Waals surface area contributed by atoms with Gasteiger partial charge in [-0.25, -0.2) is 4.57 Å². The first-order chi connectivity index (χ1) is 11.0. The van der Waals surface area contributed by atoms with Crippen LogP contribution in [0.4, 0.5) is 0 Å². The predicted molar refractivity (Wildman–Crippen MR) is 92.3 cm³/mol. The molecule has 0 unspecified atom stereocenters. The molecule has 0 aliphatic carbocycles. The standard InChI is InChI=1S/C20H19N2O/c1-12-5-6-18(22(4)11-12)15-9-17-16-8-14(3)21-10-20(16)23-19(17)7-13(15)2/h5-11H,1-4H3/q+1. The Morgan fingerprint density at radius 3 is 2.52 bits per heavy atom. The predicted octanol–water partition coefficient (Wildman–Crippen LogP) is 4.40. The van der Waals surface area contributed by atoms with Crippen LogP contribution in [0.15, 0.2) is 47.1 Å². The van der Waals surface area contributed by atoms with Gasteiger partial charge in [0.05, 0.1) is 6.20 Å². The van der Waals surface area contributed by atoms with Crippen LogP contribution in [0.1, 0.15) is 16.8 Å². The topological polar surface area (TPSA) is 29.9 Å². The van der Waals surface area contributed by atoms with Crippen molar-refractivity contribution in [2.75, 3.05) is 0 Å². The number of hydrogen-bond acceptors (Lipinski definition) is 2. The average Bonchev–Trinajstić information content (AvgIpc) is 2.83. The van der Waals surface area contributed by atoms with Crippen LogP contribution in [0.2, 0.25) is 0 Å². The molecule has 0 N–H and O–H groups in total. The molecular weight excluding hydrogens is 284 g/mol. The van der Waals surface area contributed by atoms with Crippen LogP contribution in [0.5, 0.6) is 0 Å². The number of rotatable bonds is 1. The largest absolute Gasteiger partial charge is 0.454 e. The molecule has 23 heavy (non-hydrogen) atoms. The number of aromatic nitrogens is 2. The van der Waals surface area contributed by atoms with Gasteiger partial charge in [0.15, 0.2) is 11.8 Å². The van der Waals surface area contributed by atoms with Gasteiger partial charge in [0.2, 0.25) is 5.69 Å². The van der Waals surface area contributed by atoms with E-state index in [4.69, 9.17) is 4.42 Å². The summed E-state index contributed by atoms with van der Waals surface area (Å²) >= 11 is 0. The lowest BCUT2D eigenvalue weighted by atomic mass is 10.0. The highest BCUT2D eigenvalue weighted by atomic mass is 16.3. The van der Waals surface area contributed by atoms with Crippen molar-refractivity contribution in [3.63, 3.8) is 0 Å². The van der Waals surface area contributed by atoms with Crippen molar-refractivity contribution in [1.29, 1.82) is 0 Å². The molecule has 1 aromatic carbocycles. The first-order valence-electron chi connectivity index (χ1n) is 7.79. The highest BCUT2D eigenvalue weighted by molar-refractivity contribution is 6.06. The second-order valence-electron chi connectivity index (χ2n) is 6.29. The Kier molecular flexibility index (Phi) is 2.98. The lowest BCUT2D eigenvalue weighted by Gasteiger charge is -2.05. The van der Waals surface area contributed by atoms with E-state index in [0.717, 1.165) is 27.6 Å². The second-order valence-corrected chi connectivity index (χ2v) is 6.29. The Balaban J connectivity index is 2.05. The Hall–Kier alpha value is -2.68. The van der Waals surface area contributed by atoms with Crippen LogP contribution in [-0.2, 0) is 7.05 Å². The van der Waals surface area contributed by atoms with Gasteiger partial charge in [0.1, 0.15) is 12.6 Å². The molecule has 114 valence electrons. The first kappa shape index (κ1) is 13.9. The minimum atomic E-state index is 0.843. The fourth-order valence-electron chi connectivity index (χ4n) is 3.24. The Labute approximate surface area is 135 Å². The van der Waals surface area contributed by atoms with Gasteiger partial charge in [-0.2, -0.15) is 0 Å². The van der Waals surface area contributed by atoms with E-state index in [2.05, 4.69) is 67.0 Å². The smallest absolute Gasteiger partial charge is 0.212 e. The molecule has 3 nitrogen and oxygen atoms in total. The molecule has 4 aromatic rings. The molecule has 0 aliphatic rings. The van der Waals surface area contributed by atoms with Crippen molar-refractivity contribution in [1.82, 2.24) is 4.98 Å². The summed E-state index contributed by atoms with van der Waals surface area (Å²) in [5.41, 5.74) is 7.67. The number of hydrogen-bond donors (Lipinski definition) is 0. The van der Waals surface area contributed by atoms with Gasteiger partial charge in [0, 0.05) is 33.7 Å². The number of fused-ring (bicyclic) bond motifs is 3. The minimum Gasteiger partial charge on any atom is -0.454 e. The SMILES string of the molecule is Cc1ccc(-c2cc3c(cc2C)oc2cnc(C)cc23)[n+](C)c1. The van der Waals surface area contributed by atoms with Gasteiger partial charge in [-0.05, 0) is 50.6 Å². The highest BCUT2D eigenvalue weighted by Crippen LogP contribution is 2.33. The third-order valence-corrected chi connectivity index (χ3v) is 4.40. The van der Waals surface area contributed by atoms with Crippen molar-refractivity contribution >= 4 is 21.9 Å². The number of aryl methyl sites for hydroxylation is 4. The minimum absolute atomic E-state index is 0.843. The van der Waals surface area contributed by atoms with Crippen LogP contribution < -0.4 is 4.57 Å². The third kappa shape index (κ3) is 2.20. The molecule has 0 amide bonds. The van der Waals surface area contributed by atoms with Gasteiger partial charge < -0.3 is 4.42 Å². The highest BCUT2D eigenvalue weighted by Gasteiger charge is 2.16. The normalized spacial score (nSPS) is 11.5. The van der Waals surface area contributed by atoms with Crippen molar-refractivity contribution in [3.8, 4) is 11.3 Å². The first-order valence-corrected chi connectivity index (χ1v) is 7.79. The Bertz CT molecular complexity index is 1060. The monoisotopic (exact) mass is 303 g/mol. The van der Waals surface area contributed by atoms with E-state index in [1.807, 2.05) is 13.1 Å². The fourth-order valence-corrected chi connectivity index (χ4v) is 3.24. The maximum Gasteiger partial charge on any atom is 0.212 e. The maximum atomic E-state index is 5.96. The van der Waals surface area contributed by atoms with Gasteiger partial charge in [-0.3, -0.25) is 4.98 Å². The van der Waals surface area contributed by atoms with E-state index in [0.29, 0.717) is 0 Å². The number of nitrogens with zero attached hydrogens (tertiary/aromatic N) is 2. The molecule has 0 radical (unpaired) electrons. The molecule has 0 spiro atoms. The number of pyridine rings is 2. The van der Waals surface area contributed by atoms with Crippen LogP contribution in [0.3, 0.4) is 0 Å². The van der Waals surface area contributed by atoms with E-state index >= 15 is 0 Å². The van der Waals surface area contributed by atoms with Crippen molar-refractivity contribution in [2.45, 2.75) is 20.8 Å². The molecule has 3 heterocycles. The summed E-state index contributed by atoms with van der Waals surface area (Å²) < 4.78 is 8.14. The molecule has 0 bridgehead atoms. The zero-order chi connectivity index (χ0) is 16.1. The Morgan fingerprint density at radius 2 is 1.74 bits per heavy atom. The van der Waals surface area contributed by atoms with Gasteiger partial charge >= 0.3 is 0 Å². The van der Waals surface area contributed by atoms with Gasteiger partial charge in [-0.15, -0.1) is 0 Å². The quantitative estimate of drug-likeness (QED) is 0.488. The van der Waals surface area contributed by atoms with Crippen molar-refractivity contribution in [3.05, 3.63) is 59.5 Å². The summed E-state index contributed by atoms with van der Waals surface area (Å²) in [5.74, 6) is 0. The summed E-state index contributed by atoms with van der Waals surface area (Å²) in [5, 5.41) is 2.27. The summed E-state index contributed by atoms with van der Waals surface area (Å²) in [7, 11) is 2.09. The molecule has 0 atom stereocenters. The van der Waals surface area contributed by atoms with E-state index in [9.17, 15) is 0 Å². The maximum absolute atomic E-state index is 5.96. The van der Waals surface area contributed by atoms with Crippen LogP contribution in [-0.4, -0.2) is 4.98 Å². The number of furan rings is 1. The molecule has 0 aliphatic heterocycles. The number of benzene rings is 1. The summed E-state index contributed by atoms with van der Waals surface area (Å²) in [6, 6.07) is 10.8. The van der Waals surface area contributed by atoms with E-state index in [1.165, 1.54) is 22.4 Å². The summed E-state index contributed by atoms with van der Waals surface area (Å²) in [6.07, 6.45) is 3.96. The van der Waals surface area contributed by atoms with Crippen LogP contribution in [0.25, 0.3) is 33.2 Å². The van der Waals surface area contributed by atoms with Crippen LogP contribution >= 0.6 is 0 Å². The van der Waals surface area contributed by atoms with E-state index in [-0.39, 0.29) is 0 Å². The third-order valence-electron chi connectivity index (χ3n) is 4.40. The van der Waals surface area contributed by atoms with Crippen molar-refractivity contribution in [2.24, 2.45) is 7.05 Å². The van der Waals surface area contributed by atoms with Gasteiger partial charge in [0.25, 0.3) is 0 Å². The average molecular weight is 303 g/mol. The van der Waals surface area contributed by atoms with Gasteiger partial charge in [-0.1, -0.05) is 0 Å². The zero-order valence-electron chi connectivity index (χ0n) is 13.8. The van der Waals surface area contributed by atoms with Crippen LogP contribution in [0, 0.1) is 20.8 Å². The fraction of sp³-hybridized carbons (Fsp3) is 0.200. The second kappa shape index (κ2) is 4.92. The molecule has 3 aromatic heterocycles. The lowest BCUT2D eigenvalue weighted by Crippen LogP contribution is -2.31. The molecule has 0 saturated carbocycles. The lowest BCUT2D eigenvalue weighted by molar-refractivity contribution is -0.660. The van der Waals surface area contributed by atoms with E-state index < -0.39 is 0 Å². The molecule has 0 saturated heterocycles. The van der Waals surface area contributed by atoms with E-state index in [1.54, 1.807) is 0 Å².